The topological polar surface area (TPSA) is 46.5 Å². The average Bonchev–Trinajstić information content (AvgIpc) is 2.91. The second kappa shape index (κ2) is 6.73. The predicted molar refractivity (Wildman–Crippen MR) is 120 cm³/mol. The summed E-state index contributed by atoms with van der Waals surface area (Å²) in [5.41, 5.74) is 3.27. The number of fused-ring (bicyclic) bond motifs is 5. The highest BCUT2D eigenvalue weighted by molar-refractivity contribution is 6.74. The van der Waals surface area contributed by atoms with E-state index in [4.69, 9.17) is 4.43 Å². The molecule has 29 heavy (non-hydrogen) atoms. The minimum atomic E-state index is -1.84. The minimum absolute atomic E-state index is 0.187. The molecule has 3 nitrogen and oxygen atoms in total. The number of ketones is 1. The molecule has 1 aromatic carbocycles. The molecule has 0 bridgehead atoms. The van der Waals surface area contributed by atoms with E-state index in [0.29, 0.717) is 23.3 Å². The summed E-state index contributed by atoms with van der Waals surface area (Å²) in [6.07, 6.45) is 6.00. The molecular formula is C25H36O3Si. The Kier molecular flexibility index (Phi) is 4.81. The van der Waals surface area contributed by atoms with E-state index in [1.54, 1.807) is 0 Å². The van der Waals surface area contributed by atoms with Crippen LogP contribution < -0.4 is 4.43 Å². The first-order valence-corrected chi connectivity index (χ1v) is 14.1. The molecule has 3 aliphatic carbocycles. The molecule has 0 heterocycles. The van der Waals surface area contributed by atoms with Crippen LogP contribution in [0.2, 0.25) is 18.1 Å². The zero-order valence-corrected chi connectivity index (χ0v) is 19.8. The molecule has 1 N–H and O–H groups in total. The maximum Gasteiger partial charge on any atom is 0.250 e. The Bertz CT molecular complexity index is 863. The molecule has 4 rings (SSSR count). The van der Waals surface area contributed by atoms with Crippen LogP contribution in [0.15, 0.2) is 30.0 Å². The maximum atomic E-state index is 12.8. The van der Waals surface area contributed by atoms with Crippen molar-refractivity contribution in [3.05, 3.63) is 41.2 Å². The van der Waals surface area contributed by atoms with Gasteiger partial charge in [-0.2, -0.15) is 0 Å². The number of hydrogen-bond donors (Lipinski definition) is 1. The van der Waals surface area contributed by atoms with Crippen LogP contribution in [0.4, 0.5) is 0 Å². The predicted octanol–water partition coefficient (Wildman–Crippen LogP) is 6.55. The number of benzene rings is 1. The van der Waals surface area contributed by atoms with Gasteiger partial charge in [-0.05, 0) is 91.2 Å². The van der Waals surface area contributed by atoms with Gasteiger partial charge in [0.05, 0.1) is 6.26 Å². The average molecular weight is 413 g/mol. The molecule has 4 atom stereocenters. The van der Waals surface area contributed by atoms with Gasteiger partial charge in [-0.15, -0.1) is 0 Å². The quantitative estimate of drug-likeness (QED) is 0.340. The summed E-state index contributed by atoms with van der Waals surface area (Å²) in [5, 5.41) is 9.73. The van der Waals surface area contributed by atoms with E-state index in [1.807, 2.05) is 0 Å². The fourth-order valence-electron chi connectivity index (χ4n) is 5.86. The fourth-order valence-corrected chi connectivity index (χ4v) is 6.88. The zero-order valence-electron chi connectivity index (χ0n) is 18.8. The SMILES string of the molecule is CC(C)(C)[Si](C)(C)Oc1ccc2c(c1)CC[C@@H]1[C@@H]2CC[C@]2(C)C(=O)C(=CO)C[C@@H]12. The van der Waals surface area contributed by atoms with E-state index in [-0.39, 0.29) is 16.2 Å². The van der Waals surface area contributed by atoms with Crippen molar-refractivity contribution >= 4 is 14.1 Å². The molecule has 0 spiro atoms. The fraction of sp³-hybridized carbons (Fsp3) is 0.640. The molecule has 2 fully saturated rings. The Labute approximate surface area is 176 Å². The van der Waals surface area contributed by atoms with Gasteiger partial charge in [0.25, 0.3) is 0 Å². The van der Waals surface area contributed by atoms with E-state index in [9.17, 15) is 9.90 Å². The number of hydrogen-bond acceptors (Lipinski definition) is 3. The third-order valence-corrected chi connectivity index (χ3v) is 13.0. The number of aryl methyl sites for hydroxylation is 1. The smallest absolute Gasteiger partial charge is 0.250 e. The summed E-state index contributed by atoms with van der Waals surface area (Å²) in [6.45, 7) is 13.6. The molecule has 0 saturated heterocycles. The van der Waals surface area contributed by atoms with Crippen LogP contribution in [0.5, 0.6) is 5.75 Å². The third-order valence-electron chi connectivity index (χ3n) is 8.67. The summed E-state index contributed by atoms with van der Waals surface area (Å²) >= 11 is 0. The normalized spacial score (nSPS) is 33.2. The minimum Gasteiger partial charge on any atom is -0.543 e. The van der Waals surface area contributed by atoms with Crippen LogP contribution in [0.25, 0.3) is 0 Å². The summed E-state index contributed by atoms with van der Waals surface area (Å²) in [6, 6.07) is 6.77. The van der Waals surface area contributed by atoms with Gasteiger partial charge in [0.15, 0.2) is 5.78 Å². The molecule has 3 aliphatic rings. The van der Waals surface area contributed by atoms with E-state index in [0.717, 1.165) is 44.1 Å². The van der Waals surface area contributed by atoms with Crippen molar-refractivity contribution in [2.45, 2.75) is 83.8 Å². The lowest BCUT2D eigenvalue weighted by atomic mass is 9.55. The lowest BCUT2D eigenvalue weighted by Crippen LogP contribution is -2.44. The van der Waals surface area contributed by atoms with Crippen LogP contribution in [0.3, 0.4) is 0 Å². The van der Waals surface area contributed by atoms with Gasteiger partial charge in [0.1, 0.15) is 5.75 Å². The maximum absolute atomic E-state index is 12.8. The molecule has 0 amide bonds. The summed E-state index contributed by atoms with van der Waals surface area (Å²) in [5.74, 6) is 2.64. The molecule has 158 valence electrons. The lowest BCUT2D eigenvalue weighted by molar-refractivity contribution is -0.127. The Hall–Kier alpha value is -1.55. The molecule has 0 aliphatic heterocycles. The van der Waals surface area contributed by atoms with Crippen molar-refractivity contribution in [3.63, 3.8) is 0 Å². The van der Waals surface area contributed by atoms with Crippen LogP contribution in [0, 0.1) is 17.3 Å². The highest BCUT2D eigenvalue weighted by atomic mass is 28.4. The van der Waals surface area contributed by atoms with Crippen LogP contribution in [0.1, 0.15) is 70.4 Å². The van der Waals surface area contributed by atoms with Crippen molar-refractivity contribution in [3.8, 4) is 5.75 Å². The molecule has 4 heteroatoms. The van der Waals surface area contributed by atoms with Gasteiger partial charge >= 0.3 is 0 Å². The van der Waals surface area contributed by atoms with Crippen LogP contribution >= 0.6 is 0 Å². The van der Waals surface area contributed by atoms with E-state index in [2.05, 4.69) is 59.0 Å². The summed E-state index contributed by atoms with van der Waals surface area (Å²) < 4.78 is 6.56. The van der Waals surface area contributed by atoms with Gasteiger partial charge in [-0.3, -0.25) is 4.79 Å². The molecule has 1 aromatic rings. The number of rotatable bonds is 2. The Morgan fingerprint density at radius 3 is 2.62 bits per heavy atom. The summed E-state index contributed by atoms with van der Waals surface area (Å²) in [7, 11) is -1.84. The van der Waals surface area contributed by atoms with Crippen LogP contribution in [-0.2, 0) is 11.2 Å². The van der Waals surface area contributed by atoms with Crippen molar-refractivity contribution in [1.29, 1.82) is 0 Å². The van der Waals surface area contributed by atoms with Gasteiger partial charge in [0, 0.05) is 11.0 Å². The van der Waals surface area contributed by atoms with E-state index in [1.165, 1.54) is 11.1 Å². The number of carbonyl (C=O) groups excluding carboxylic acids is 1. The van der Waals surface area contributed by atoms with Gasteiger partial charge < -0.3 is 9.53 Å². The number of carbonyl (C=O) groups is 1. The molecule has 2 saturated carbocycles. The number of allylic oxidation sites excluding steroid dienone is 1. The first-order chi connectivity index (χ1) is 13.5. The Balaban J connectivity index is 1.60. The monoisotopic (exact) mass is 412 g/mol. The van der Waals surface area contributed by atoms with Gasteiger partial charge in [0.2, 0.25) is 8.32 Å². The standard InChI is InChI=1S/C25H36O3Si/c1-24(2,3)29(5,6)28-18-8-10-19-16(13-18)7-9-21-20(19)11-12-25(4)22(21)14-17(15-26)23(25)27/h8,10,13,15,20-22,26H,7,9,11-12,14H2,1-6H3/t20-,21-,22+,25+/m1/s1. The Morgan fingerprint density at radius 1 is 1.24 bits per heavy atom. The highest BCUT2D eigenvalue weighted by Crippen LogP contribution is 2.60. The Morgan fingerprint density at radius 2 is 1.97 bits per heavy atom. The molecule has 0 radical (unpaired) electrons. The van der Waals surface area contributed by atoms with Crippen LogP contribution in [-0.4, -0.2) is 19.2 Å². The van der Waals surface area contributed by atoms with E-state index < -0.39 is 8.32 Å². The second-order valence-corrected chi connectivity index (χ2v) is 16.0. The van der Waals surface area contributed by atoms with Crippen molar-refractivity contribution in [1.82, 2.24) is 0 Å². The lowest BCUT2D eigenvalue weighted by Gasteiger charge is -2.48. The van der Waals surface area contributed by atoms with Crippen molar-refractivity contribution in [2.75, 3.05) is 0 Å². The zero-order chi connectivity index (χ0) is 21.2. The number of Topliss-reactive ketones (excluding diaryl/α,β-unsaturated/α-hetero) is 1. The first-order valence-electron chi connectivity index (χ1n) is 11.2. The molecular weight excluding hydrogens is 376 g/mol. The second-order valence-electron chi connectivity index (χ2n) is 11.3. The summed E-state index contributed by atoms with van der Waals surface area (Å²) in [4.78, 5) is 12.8. The van der Waals surface area contributed by atoms with Crippen molar-refractivity contribution in [2.24, 2.45) is 17.3 Å². The van der Waals surface area contributed by atoms with Gasteiger partial charge in [-0.1, -0.05) is 33.8 Å². The number of aliphatic hydroxyl groups is 1. The van der Waals surface area contributed by atoms with Gasteiger partial charge in [-0.25, -0.2) is 0 Å². The highest BCUT2D eigenvalue weighted by Gasteiger charge is 2.56. The van der Waals surface area contributed by atoms with E-state index >= 15 is 0 Å². The molecule has 0 aromatic heterocycles. The molecule has 0 unspecified atom stereocenters. The first kappa shape index (κ1) is 20.7. The largest absolute Gasteiger partial charge is 0.543 e. The van der Waals surface area contributed by atoms with Crippen molar-refractivity contribution < 1.29 is 14.3 Å². The third kappa shape index (κ3) is 3.18. The number of aliphatic hydroxyl groups excluding tert-OH is 1.